The Hall–Kier alpha value is -0.300. The van der Waals surface area contributed by atoms with E-state index in [1.807, 2.05) is 0 Å². The van der Waals surface area contributed by atoms with Crippen LogP contribution in [0, 0.1) is 5.92 Å². The second-order valence-electron chi connectivity index (χ2n) is 4.06. The van der Waals surface area contributed by atoms with Gasteiger partial charge in [0.25, 0.3) is 0 Å². The van der Waals surface area contributed by atoms with E-state index >= 15 is 0 Å². The molecular formula is C11H21N. The summed E-state index contributed by atoms with van der Waals surface area (Å²) in [7, 11) is 0. The minimum absolute atomic E-state index is 0.662. The molecule has 1 aliphatic rings. The molecule has 1 aliphatic carbocycles. The van der Waals surface area contributed by atoms with Crippen molar-refractivity contribution in [3.63, 3.8) is 0 Å². The van der Waals surface area contributed by atoms with E-state index in [4.69, 9.17) is 0 Å². The third kappa shape index (κ3) is 3.40. The van der Waals surface area contributed by atoms with Gasteiger partial charge in [0.05, 0.1) is 0 Å². The van der Waals surface area contributed by atoms with Gasteiger partial charge >= 0.3 is 0 Å². The summed E-state index contributed by atoms with van der Waals surface area (Å²) in [6.07, 6.45) is 6.46. The quantitative estimate of drug-likeness (QED) is 0.621. The van der Waals surface area contributed by atoms with Crippen molar-refractivity contribution in [2.45, 2.75) is 46.1 Å². The molecule has 1 fully saturated rings. The van der Waals surface area contributed by atoms with Crippen molar-refractivity contribution in [2.75, 3.05) is 6.54 Å². The molecule has 1 rings (SSSR count). The molecule has 1 saturated carbocycles. The van der Waals surface area contributed by atoms with Gasteiger partial charge in [-0.15, -0.1) is 0 Å². The molecule has 0 amide bonds. The van der Waals surface area contributed by atoms with Crippen LogP contribution >= 0.6 is 0 Å². The second-order valence-corrected chi connectivity index (χ2v) is 4.06. The predicted octanol–water partition coefficient (Wildman–Crippen LogP) is 2.73. The van der Waals surface area contributed by atoms with Crippen LogP contribution in [-0.4, -0.2) is 12.6 Å². The first kappa shape index (κ1) is 9.79. The third-order valence-electron chi connectivity index (χ3n) is 2.27. The molecule has 1 atom stereocenters. The first-order chi connectivity index (χ1) is 5.74. The number of rotatable bonds is 5. The maximum absolute atomic E-state index is 3.59. The lowest BCUT2D eigenvalue weighted by Crippen LogP contribution is -2.29. The van der Waals surface area contributed by atoms with E-state index < -0.39 is 0 Å². The Morgan fingerprint density at radius 2 is 2.17 bits per heavy atom. The molecule has 0 aromatic heterocycles. The molecule has 0 saturated heterocycles. The van der Waals surface area contributed by atoms with Crippen LogP contribution in [0.4, 0.5) is 0 Å². The summed E-state index contributed by atoms with van der Waals surface area (Å²) in [5.74, 6) is 0.937. The van der Waals surface area contributed by atoms with Gasteiger partial charge in [0.2, 0.25) is 0 Å². The lowest BCUT2D eigenvalue weighted by molar-refractivity contribution is 0.535. The minimum Gasteiger partial charge on any atom is -0.310 e. The summed E-state index contributed by atoms with van der Waals surface area (Å²) in [5.41, 5.74) is 1.44. The zero-order chi connectivity index (χ0) is 8.97. The van der Waals surface area contributed by atoms with Crippen LogP contribution < -0.4 is 5.32 Å². The van der Waals surface area contributed by atoms with Gasteiger partial charge in [-0.05, 0) is 45.6 Å². The van der Waals surface area contributed by atoms with E-state index in [1.165, 1.54) is 24.8 Å². The van der Waals surface area contributed by atoms with Crippen molar-refractivity contribution in [1.29, 1.82) is 0 Å². The van der Waals surface area contributed by atoms with Crippen LogP contribution in [0.1, 0.15) is 40.0 Å². The summed E-state index contributed by atoms with van der Waals surface area (Å²) >= 11 is 0. The van der Waals surface area contributed by atoms with Crippen molar-refractivity contribution in [1.82, 2.24) is 5.32 Å². The largest absolute Gasteiger partial charge is 0.310 e. The van der Waals surface area contributed by atoms with Crippen molar-refractivity contribution in [2.24, 2.45) is 5.92 Å². The van der Waals surface area contributed by atoms with Crippen LogP contribution in [0.2, 0.25) is 0 Å². The van der Waals surface area contributed by atoms with Crippen molar-refractivity contribution < 1.29 is 0 Å². The molecule has 0 bridgehead atoms. The fourth-order valence-corrected chi connectivity index (χ4v) is 1.49. The molecule has 0 spiro atoms. The van der Waals surface area contributed by atoms with Crippen molar-refractivity contribution in [3.8, 4) is 0 Å². The molecule has 0 aromatic carbocycles. The first-order valence-electron chi connectivity index (χ1n) is 5.12. The fraction of sp³-hybridized carbons (Fsp3) is 0.818. The van der Waals surface area contributed by atoms with Gasteiger partial charge in [-0.3, -0.25) is 0 Å². The van der Waals surface area contributed by atoms with Crippen LogP contribution in [0.15, 0.2) is 11.6 Å². The van der Waals surface area contributed by atoms with Gasteiger partial charge in [-0.1, -0.05) is 18.6 Å². The van der Waals surface area contributed by atoms with Gasteiger partial charge in [0.15, 0.2) is 0 Å². The standard InChI is InChI=1S/C11H21N/c1-4-7-12-11(8-9(2)3)10-5-6-10/h8,10-12H,4-7H2,1-3H3. The summed E-state index contributed by atoms with van der Waals surface area (Å²) < 4.78 is 0. The molecular weight excluding hydrogens is 146 g/mol. The van der Waals surface area contributed by atoms with E-state index in [0.717, 1.165) is 12.5 Å². The molecule has 1 unspecified atom stereocenters. The third-order valence-corrected chi connectivity index (χ3v) is 2.27. The smallest absolute Gasteiger partial charge is 0.0280 e. The molecule has 0 aromatic rings. The predicted molar refractivity (Wildman–Crippen MR) is 54.2 cm³/mol. The minimum atomic E-state index is 0.662. The molecule has 1 heteroatoms. The Bertz CT molecular complexity index is 152. The van der Waals surface area contributed by atoms with Crippen LogP contribution in [0.3, 0.4) is 0 Å². The van der Waals surface area contributed by atoms with E-state index in [1.54, 1.807) is 0 Å². The van der Waals surface area contributed by atoms with E-state index in [0.29, 0.717) is 6.04 Å². The van der Waals surface area contributed by atoms with Gasteiger partial charge in [-0.25, -0.2) is 0 Å². The number of allylic oxidation sites excluding steroid dienone is 1. The lowest BCUT2D eigenvalue weighted by Gasteiger charge is -2.13. The Morgan fingerprint density at radius 1 is 1.50 bits per heavy atom. The summed E-state index contributed by atoms with van der Waals surface area (Å²) in [4.78, 5) is 0. The molecule has 0 heterocycles. The SMILES string of the molecule is CCCNC(C=C(C)C)C1CC1. The lowest BCUT2D eigenvalue weighted by atomic mass is 10.1. The van der Waals surface area contributed by atoms with E-state index in [-0.39, 0.29) is 0 Å². The maximum Gasteiger partial charge on any atom is 0.0280 e. The molecule has 1 N–H and O–H groups in total. The highest BCUT2D eigenvalue weighted by atomic mass is 14.9. The van der Waals surface area contributed by atoms with Gasteiger partial charge in [0.1, 0.15) is 0 Å². The number of nitrogens with one attached hydrogen (secondary N) is 1. The topological polar surface area (TPSA) is 12.0 Å². The summed E-state index contributed by atoms with van der Waals surface area (Å²) in [5, 5.41) is 3.59. The number of hydrogen-bond donors (Lipinski definition) is 1. The Labute approximate surface area is 76.2 Å². The maximum atomic E-state index is 3.59. The van der Waals surface area contributed by atoms with Crippen LogP contribution in [0.5, 0.6) is 0 Å². The van der Waals surface area contributed by atoms with Crippen molar-refractivity contribution >= 4 is 0 Å². The molecule has 1 nitrogen and oxygen atoms in total. The monoisotopic (exact) mass is 167 g/mol. The normalized spacial score (nSPS) is 18.9. The van der Waals surface area contributed by atoms with Gasteiger partial charge in [-0.2, -0.15) is 0 Å². The van der Waals surface area contributed by atoms with E-state index in [2.05, 4.69) is 32.2 Å². The van der Waals surface area contributed by atoms with E-state index in [9.17, 15) is 0 Å². The zero-order valence-electron chi connectivity index (χ0n) is 8.56. The average molecular weight is 167 g/mol. The number of hydrogen-bond acceptors (Lipinski definition) is 1. The zero-order valence-corrected chi connectivity index (χ0v) is 8.56. The molecule has 0 aliphatic heterocycles. The summed E-state index contributed by atoms with van der Waals surface area (Å²) in [6, 6.07) is 0.662. The fourth-order valence-electron chi connectivity index (χ4n) is 1.49. The highest BCUT2D eigenvalue weighted by molar-refractivity contribution is 5.06. The Kier molecular flexibility index (Phi) is 3.80. The van der Waals surface area contributed by atoms with Gasteiger partial charge < -0.3 is 5.32 Å². The Balaban J connectivity index is 2.32. The van der Waals surface area contributed by atoms with Crippen molar-refractivity contribution in [3.05, 3.63) is 11.6 Å². The summed E-state index contributed by atoms with van der Waals surface area (Å²) in [6.45, 7) is 7.75. The highest BCUT2D eigenvalue weighted by Crippen LogP contribution is 2.33. The molecule has 70 valence electrons. The van der Waals surface area contributed by atoms with Gasteiger partial charge in [0, 0.05) is 6.04 Å². The first-order valence-corrected chi connectivity index (χ1v) is 5.12. The average Bonchev–Trinajstić information content (AvgIpc) is 2.79. The van der Waals surface area contributed by atoms with Crippen LogP contribution in [-0.2, 0) is 0 Å². The Morgan fingerprint density at radius 3 is 2.58 bits per heavy atom. The molecule has 12 heavy (non-hydrogen) atoms. The molecule has 0 radical (unpaired) electrons. The highest BCUT2D eigenvalue weighted by Gasteiger charge is 2.28. The van der Waals surface area contributed by atoms with Crippen LogP contribution in [0.25, 0.3) is 0 Å². The second kappa shape index (κ2) is 4.66.